The summed E-state index contributed by atoms with van der Waals surface area (Å²) in [6.07, 6.45) is 0.1000. The molecule has 1 aliphatic carbocycles. The molecule has 0 heterocycles. The summed E-state index contributed by atoms with van der Waals surface area (Å²) >= 11 is 0. The van der Waals surface area contributed by atoms with Crippen LogP contribution in [0.15, 0.2) is 29.2 Å². The molecule has 0 amide bonds. The lowest BCUT2D eigenvalue weighted by Crippen LogP contribution is -2.55. The molecular formula is C9H10F6NS+. The number of alkyl halides is 1. The molecule has 17 heavy (non-hydrogen) atoms. The Hall–Kier alpha value is -0.890. The van der Waals surface area contributed by atoms with Gasteiger partial charge < -0.3 is 5.73 Å². The molecule has 1 aromatic carbocycles. The van der Waals surface area contributed by atoms with Crippen molar-refractivity contribution in [2.45, 2.75) is 23.0 Å². The number of quaternary nitrogens is 1. The molecule has 0 unspecified atom stereocenters. The monoisotopic (exact) mass is 278 g/mol. The van der Waals surface area contributed by atoms with Gasteiger partial charge in [0.2, 0.25) is 0 Å². The average molecular weight is 278 g/mol. The van der Waals surface area contributed by atoms with Crippen LogP contribution in [-0.2, 0) is 5.67 Å². The summed E-state index contributed by atoms with van der Waals surface area (Å²) in [5.74, 6) is 0. The third-order valence-electron chi connectivity index (χ3n) is 2.81. The van der Waals surface area contributed by atoms with E-state index in [0.717, 1.165) is 12.1 Å². The van der Waals surface area contributed by atoms with Gasteiger partial charge in [-0.1, -0.05) is 31.6 Å². The summed E-state index contributed by atoms with van der Waals surface area (Å²) in [7, 11) is -9.65. The van der Waals surface area contributed by atoms with Gasteiger partial charge in [0.1, 0.15) is 10.9 Å². The van der Waals surface area contributed by atoms with Gasteiger partial charge in [-0.05, 0) is 17.7 Å². The second-order valence-corrected chi connectivity index (χ2v) is 6.67. The van der Waals surface area contributed by atoms with E-state index in [0.29, 0.717) is 0 Å². The van der Waals surface area contributed by atoms with Crippen LogP contribution in [0.4, 0.5) is 23.8 Å². The first kappa shape index (κ1) is 12.6. The molecule has 0 aromatic heterocycles. The lowest BCUT2D eigenvalue weighted by atomic mass is 10.1. The van der Waals surface area contributed by atoms with Crippen molar-refractivity contribution in [2.75, 3.05) is 0 Å². The second kappa shape index (κ2) is 2.59. The number of halogens is 6. The van der Waals surface area contributed by atoms with Crippen LogP contribution in [0.5, 0.6) is 0 Å². The highest BCUT2D eigenvalue weighted by Crippen LogP contribution is 3.02. The van der Waals surface area contributed by atoms with Crippen molar-refractivity contribution in [1.29, 1.82) is 0 Å². The molecule has 0 spiro atoms. The topological polar surface area (TPSA) is 27.6 Å². The van der Waals surface area contributed by atoms with Crippen molar-refractivity contribution in [3.05, 3.63) is 29.8 Å². The van der Waals surface area contributed by atoms with E-state index in [1.165, 1.54) is 0 Å². The highest BCUT2D eigenvalue weighted by molar-refractivity contribution is 8.45. The van der Waals surface area contributed by atoms with Crippen LogP contribution in [-0.4, -0.2) is 6.04 Å². The number of benzene rings is 1. The van der Waals surface area contributed by atoms with E-state index >= 15 is 0 Å². The number of hydrogen-bond donors (Lipinski definition) is 1. The minimum absolute atomic E-state index is 0.0388. The van der Waals surface area contributed by atoms with Gasteiger partial charge >= 0.3 is 10.2 Å². The van der Waals surface area contributed by atoms with E-state index in [-0.39, 0.29) is 24.1 Å². The van der Waals surface area contributed by atoms with Gasteiger partial charge in [0.25, 0.3) is 0 Å². The number of hydrogen-bond acceptors (Lipinski definition) is 0. The zero-order valence-corrected chi connectivity index (χ0v) is 9.29. The van der Waals surface area contributed by atoms with Crippen molar-refractivity contribution in [3.63, 3.8) is 0 Å². The van der Waals surface area contributed by atoms with Crippen molar-refractivity contribution in [1.82, 2.24) is 0 Å². The van der Waals surface area contributed by atoms with Gasteiger partial charge in [-0.3, -0.25) is 0 Å². The van der Waals surface area contributed by atoms with Crippen LogP contribution in [0.1, 0.15) is 12.0 Å². The molecule has 3 N–H and O–H groups in total. The molecule has 2 atom stereocenters. The van der Waals surface area contributed by atoms with Crippen molar-refractivity contribution < 1.29 is 29.6 Å². The zero-order chi connectivity index (χ0) is 13.2. The maximum atomic E-state index is 13.7. The largest absolute Gasteiger partial charge is 0.352 e. The molecule has 0 bridgehead atoms. The Labute approximate surface area is 93.3 Å². The van der Waals surface area contributed by atoms with Crippen LogP contribution in [0.25, 0.3) is 0 Å². The Morgan fingerprint density at radius 2 is 1.47 bits per heavy atom. The van der Waals surface area contributed by atoms with Gasteiger partial charge in [0.15, 0.2) is 5.67 Å². The first-order chi connectivity index (χ1) is 7.33. The normalized spacial score (nSPS) is 32.8. The smallest absolute Gasteiger partial charge is 0.310 e. The standard InChI is InChI=1S/C9H9F6NS/c10-9(5-8(9)16)6-1-3-7(4-2-6)17(11,12,13,14)15/h1-4,8H,5,16H2/p+1/t8-,9+/m1/s1. The Kier molecular flexibility index (Phi) is 1.91. The Bertz CT molecular complexity index is 466. The summed E-state index contributed by atoms with van der Waals surface area (Å²) in [6.45, 7) is 0. The molecule has 0 radical (unpaired) electrons. The summed E-state index contributed by atoms with van der Waals surface area (Å²) < 4.78 is 75.5. The maximum absolute atomic E-state index is 13.7. The molecule has 0 aliphatic heterocycles. The quantitative estimate of drug-likeness (QED) is 0.802. The summed E-state index contributed by atoms with van der Waals surface area (Å²) in [5.41, 5.74) is 1.63. The summed E-state index contributed by atoms with van der Waals surface area (Å²) in [4.78, 5) is -2.00. The van der Waals surface area contributed by atoms with Gasteiger partial charge in [-0.2, -0.15) is 0 Å². The molecule has 1 saturated carbocycles. The molecule has 1 fully saturated rings. The lowest BCUT2D eigenvalue weighted by Gasteiger charge is -2.40. The van der Waals surface area contributed by atoms with Crippen molar-refractivity contribution >= 4 is 10.2 Å². The molecule has 2 rings (SSSR count). The van der Waals surface area contributed by atoms with E-state index in [9.17, 15) is 23.8 Å². The molecule has 8 heteroatoms. The SMILES string of the molecule is [NH3+][C@@H]1C[C@]1(F)c1ccc(S(F)(F)(F)(F)F)cc1. The predicted molar refractivity (Wildman–Crippen MR) is 51.9 cm³/mol. The van der Waals surface area contributed by atoms with E-state index < -0.39 is 26.8 Å². The Morgan fingerprint density at radius 3 is 1.76 bits per heavy atom. The van der Waals surface area contributed by atoms with Crippen LogP contribution in [0.2, 0.25) is 0 Å². The van der Waals surface area contributed by atoms with E-state index in [1.807, 2.05) is 0 Å². The van der Waals surface area contributed by atoms with Crippen LogP contribution < -0.4 is 5.73 Å². The lowest BCUT2D eigenvalue weighted by molar-refractivity contribution is -0.396. The Morgan fingerprint density at radius 1 is 1.06 bits per heavy atom. The van der Waals surface area contributed by atoms with Gasteiger partial charge in [-0.25, -0.2) is 4.39 Å². The van der Waals surface area contributed by atoms with Gasteiger partial charge in [0.05, 0.1) is 0 Å². The second-order valence-electron chi connectivity index (χ2n) is 4.26. The molecular weight excluding hydrogens is 268 g/mol. The third-order valence-corrected chi connectivity index (χ3v) is 3.97. The molecule has 0 saturated heterocycles. The molecule has 1 nitrogen and oxygen atoms in total. The highest BCUT2D eigenvalue weighted by Gasteiger charge is 2.65. The molecule has 1 aromatic rings. The molecule has 98 valence electrons. The minimum Gasteiger partial charge on any atom is -0.352 e. The van der Waals surface area contributed by atoms with Crippen molar-refractivity contribution in [3.8, 4) is 0 Å². The first-order valence-electron chi connectivity index (χ1n) is 4.69. The van der Waals surface area contributed by atoms with Crippen LogP contribution in [0, 0.1) is 0 Å². The fraction of sp³-hybridized carbons (Fsp3) is 0.333. The summed E-state index contributed by atoms with van der Waals surface area (Å²) in [6, 6.07) is 1.41. The molecule has 1 aliphatic rings. The van der Waals surface area contributed by atoms with Gasteiger partial charge in [0, 0.05) is 6.42 Å². The van der Waals surface area contributed by atoms with E-state index in [2.05, 4.69) is 5.73 Å². The van der Waals surface area contributed by atoms with Crippen LogP contribution in [0.3, 0.4) is 0 Å². The van der Waals surface area contributed by atoms with Crippen LogP contribution >= 0.6 is 10.2 Å². The minimum atomic E-state index is -9.65. The maximum Gasteiger partial charge on any atom is 0.310 e. The van der Waals surface area contributed by atoms with E-state index in [1.54, 1.807) is 0 Å². The summed E-state index contributed by atoms with van der Waals surface area (Å²) in [5, 5.41) is 0. The highest BCUT2D eigenvalue weighted by atomic mass is 32.5. The van der Waals surface area contributed by atoms with Crippen molar-refractivity contribution in [2.24, 2.45) is 0 Å². The van der Waals surface area contributed by atoms with E-state index in [4.69, 9.17) is 0 Å². The number of rotatable bonds is 2. The fourth-order valence-electron chi connectivity index (χ4n) is 1.64. The zero-order valence-electron chi connectivity index (χ0n) is 8.48. The predicted octanol–water partition coefficient (Wildman–Crippen LogP) is 3.52. The van der Waals surface area contributed by atoms with Gasteiger partial charge in [-0.15, -0.1) is 0 Å². The first-order valence-corrected chi connectivity index (χ1v) is 6.65. The fourth-order valence-corrected chi connectivity index (χ4v) is 2.29. The average Bonchev–Trinajstić information content (AvgIpc) is 2.73. The Balaban J connectivity index is 2.39. The third kappa shape index (κ3) is 2.23.